The molecular weight excluding hydrogens is 357 g/mol. The molecule has 1 aromatic heterocycles. The minimum absolute atomic E-state index is 0.0287. The molecule has 3 heterocycles. The first-order chi connectivity index (χ1) is 13.7. The van der Waals surface area contributed by atoms with Gasteiger partial charge in [0.1, 0.15) is 5.82 Å². The van der Waals surface area contributed by atoms with Crippen LogP contribution in [0.25, 0.3) is 0 Å². The van der Waals surface area contributed by atoms with Crippen molar-refractivity contribution in [3.63, 3.8) is 0 Å². The van der Waals surface area contributed by atoms with Gasteiger partial charge < -0.3 is 9.64 Å². The van der Waals surface area contributed by atoms with E-state index in [4.69, 9.17) is 9.72 Å². The topological polar surface area (TPSA) is 45.7 Å². The van der Waals surface area contributed by atoms with E-state index in [0.29, 0.717) is 26.2 Å². The monoisotopic (exact) mass is 383 g/mol. The predicted octanol–water partition coefficient (Wildman–Crippen LogP) is 2.81. The molecule has 1 amide bonds. The zero-order valence-electron chi connectivity index (χ0n) is 16.0. The second-order valence-electron chi connectivity index (χ2n) is 7.49. The standard InChI is InChI=1S/C22H26FN3O2/c23-18-5-1-4-17(14-18)15-19-6-2-7-20(24-19)21-8-3-9-26(21)22(27)16-25-10-12-28-13-11-25/h1-2,4-7,14,21H,3,8-13,15-16H2/t21-/m0/s1. The van der Waals surface area contributed by atoms with Gasteiger partial charge in [0.2, 0.25) is 5.91 Å². The fourth-order valence-corrected chi connectivity index (χ4v) is 4.05. The van der Waals surface area contributed by atoms with Crippen molar-refractivity contribution in [2.24, 2.45) is 0 Å². The Labute approximate surface area is 165 Å². The van der Waals surface area contributed by atoms with Crippen LogP contribution in [0.1, 0.15) is 35.8 Å². The molecule has 0 spiro atoms. The van der Waals surface area contributed by atoms with Gasteiger partial charge in [0.15, 0.2) is 0 Å². The van der Waals surface area contributed by atoms with Gasteiger partial charge in [-0.2, -0.15) is 0 Å². The van der Waals surface area contributed by atoms with Gasteiger partial charge in [0.25, 0.3) is 0 Å². The van der Waals surface area contributed by atoms with Crippen LogP contribution in [0.2, 0.25) is 0 Å². The van der Waals surface area contributed by atoms with Crippen LogP contribution in [0.3, 0.4) is 0 Å². The smallest absolute Gasteiger partial charge is 0.237 e. The van der Waals surface area contributed by atoms with E-state index in [1.54, 1.807) is 12.1 Å². The maximum atomic E-state index is 13.5. The van der Waals surface area contributed by atoms with E-state index in [1.807, 2.05) is 29.2 Å². The predicted molar refractivity (Wildman–Crippen MR) is 104 cm³/mol. The van der Waals surface area contributed by atoms with Crippen molar-refractivity contribution in [1.82, 2.24) is 14.8 Å². The Morgan fingerprint density at radius 3 is 2.79 bits per heavy atom. The fourth-order valence-electron chi connectivity index (χ4n) is 4.05. The van der Waals surface area contributed by atoms with E-state index in [2.05, 4.69) is 4.90 Å². The van der Waals surface area contributed by atoms with Gasteiger partial charge in [0, 0.05) is 31.7 Å². The fraction of sp³-hybridized carbons (Fsp3) is 0.455. The number of rotatable bonds is 5. The molecule has 0 N–H and O–H groups in total. The van der Waals surface area contributed by atoms with Crippen molar-refractivity contribution < 1.29 is 13.9 Å². The third kappa shape index (κ3) is 4.56. The Kier molecular flexibility index (Phi) is 5.98. The highest BCUT2D eigenvalue weighted by molar-refractivity contribution is 5.79. The van der Waals surface area contributed by atoms with E-state index in [-0.39, 0.29) is 17.8 Å². The molecule has 5 nitrogen and oxygen atoms in total. The largest absolute Gasteiger partial charge is 0.379 e. The van der Waals surface area contributed by atoms with Gasteiger partial charge >= 0.3 is 0 Å². The lowest BCUT2D eigenvalue weighted by Gasteiger charge is -2.30. The van der Waals surface area contributed by atoms with Gasteiger partial charge in [-0.25, -0.2) is 4.39 Å². The van der Waals surface area contributed by atoms with Crippen molar-refractivity contribution in [2.75, 3.05) is 39.4 Å². The van der Waals surface area contributed by atoms with Gasteiger partial charge in [-0.15, -0.1) is 0 Å². The van der Waals surface area contributed by atoms with E-state index in [0.717, 1.165) is 49.4 Å². The molecule has 6 heteroatoms. The summed E-state index contributed by atoms with van der Waals surface area (Å²) in [7, 11) is 0. The molecular formula is C22H26FN3O2. The number of halogens is 1. The SMILES string of the molecule is O=C(CN1CCOCC1)N1CCC[C@H]1c1cccc(Cc2cccc(F)c2)n1. The number of hydrogen-bond acceptors (Lipinski definition) is 4. The van der Waals surface area contributed by atoms with Crippen LogP contribution in [0.4, 0.5) is 4.39 Å². The molecule has 2 fully saturated rings. The Morgan fingerprint density at radius 1 is 1.14 bits per heavy atom. The molecule has 0 unspecified atom stereocenters. The number of benzene rings is 1. The molecule has 1 aromatic carbocycles. The molecule has 148 valence electrons. The number of carbonyl (C=O) groups is 1. The third-order valence-corrected chi connectivity index (χ3v) is 5.48. The van der Waals surface area contributed by atoms with Crippen LogP contribution < -0.4 is 0 Å². The number of hydrogen-bond donors (Lipinski definition) is 0. The summed E-state index contributed by atoms with van der Waals surface area (Å²) >= 11 is 0. The third-order valence-electron chi connectivity index (χ3n) is 5.48. The second kappa shape index (κ2) is 8.80. The summed E-state index contributed by atoms with van der Waals surface area (Å²) in [5.41, 5.74) is 2.73. The average Bonchev–Trinajstić information content (AvgIpc) is 3.19. The lowest BCUT2D eigenvalue weighted by Crippen LogP contribution is -2.44. The zero-order chi connectivity index (χ0) is 19.3. The molecule has 28 heavy (non-hydrogen) atoms. The number of pyridine rings is 1. The first-order valence-electron chi connectivity index (χ1n) is 9.99. The molecule has 0 radical (unpaired) electrons. The molecule has 0 aliphatic carbocycles. The summed E-state index contributed by atoms with van der Waals surface area (Å²) in [5.74, 6) is -0.0638. The number of nitrogens with zero attached hydrogens (tertiary/aromatic N) is 3. The van der Waals surface area contributed by atoms with E-state index in [1.165, 1.54) is 6.07 Å². The summed E-state index contributed by atoms with van der Waals surface area (Å²) < 4.78 is 18.8. The minimum Gasteiger partial charge on any atom is -0.379 e. The molecule has 2 aromatic rings. The number of morpholine rings is 1. The lowest BCUT2D eigenvalue weighted by molar-refractivity contribution is -0.134. The zero-order valence-corrected chi connectivity index (χ0v) is 16.0. The second-order valence-corrected chi connectivity index (χ2v) is 7.49. The first-order valence-corrected chi connectivity index (χ1v) is 9.99. The maximum Gasteiger partial charge on any atom is 0.237 e. The average molecular weight is 383 g/mol. The summed E-state index contributed by atoms with van der Waals surface area (Å²) in [6, 6.07) is 12.6. The van der Waals surface area contributed by atoms with Gasteiger partial charge in [-0.3, -0.25) is 14.7 Å². The molecule has 1 atom stereocenters. The van der Waals surface area contributed by atoms with E-state index < -0.39 is 0 Å². The molecule has 0 bridgehead atoms. The first kappa shape index (κ1) is 19.0. The lowest BCUT2D eigenvalue weighted by atomic mass is 10.1. The highest BCUT2D eigenvalue weighted by atomic mass is 19.1. The van der Waals surface area contributed by atoms with Crippen LogP contribution >= 0.6 is 0 Å². The van der Waals surface area contributed by atoms with Crippen molar-refractivity contribution in [2.45, 2.75) is 25.3 Å². The van der Waals surface area contributed by atoms with E-state index >= 15 is 0 Å². The van der Waals surface area contributed by atoms with Gasteiger partial charge in [0.05, 0.1) is 31.5 Å². The van der Waals surface area contributed by atoms with Crippen molar-refractivity contribution in [3.05, 3.63) is 65.2 Å². The summed E-state index contributed by atoms with van der Waals surface area (Å²) in [5, 5.41) is 0. The quantitative estimate of drug-likeness (QED) is 0.797. The number of likely N-dealkylation sites (tertiary alicyclic amines) is 1. The molecule has 2 aliphatic heterocycles. The van der Waals surface area contributed by atoms with Crippen LogP contribution in [-0.4, -0.2) is 60.1 Å². The highest BCUT2D eigenvalue weighted by Crippen LogP contribution is 2.31. The highest BCUT2D eigenvalue weighted by Gasteiger charge is 2.31. The van der Waals surface area contributed by atoms with Crippen LogP contribution in [-0.2, 0) is 16.0 Å². The van der Waals surface area contributed by atoms with Gasteiger partial charge in [-0.1, -0.05) is 18.2 Å². The number of aromatic nitrogens is 1. The van der Waals surface area contributed by atoms with E-state index in [9.17, 15) is 9.18 Å². The Bertz CT molecular complexity index is 823. The summed E-state index contributed by atoms with van der Waals surface area (Å²) in [6.45, 7) is 4.24. The Balaban J connectivity index is 1.45. The van der Waals surface area contributed by atoms with Crippen molar-refractivity contribution >= 4 is 5.91 Å². The summed E-state index contributed by atoms with van der Waals surface area (Å²) in [6.07, 6.45) is 2.51. The number of carbonyl (C=O) groups excluding carboxylic acids is 1. The van der Waals surface area contributed by atoms with Crippen LogP contribution in [0.5, 0.6) is 0 Å². The molecule has 2 saturated heterocycles. The van der Waals surface area contributed by atoms with Crippen LogP contribution in [0.15, 0.2) is 42.5 Å². The summed E-state index contributed by atoms with van der Waals surface area (Å²) in [4.78, 5) is 21.8. The molecule has 4 rings (SSSR count). The Hall–Kier alpha value is -2.31. The minimum atomic E-state index is -0.232. The number of ether oxygens (including phenoxy) is 1. The van der Waals surface area contributed by atoms with Gasteiger partial charge in [-0.05, 0) is 42.7 Å². The molecule has 0 saturated carbocycles. The van der Waals surface area contributed by atoms with Crippen molar-refractivity contribution in [3.8, 4) is 0 Å². The van der Waals surface area contributed by atoms with Crippen molar-refractivity contribution in [1.29, 1.82) is 0 Å². The Morgan fingerprint density at radius 2 is 1.96 bits per heavy atom. The maximum absolute atomic E-state index is 13.5. The van der Waals surface area contributed by atoms with Crippen LogP contribution in [0, 0.1) is 5.82 Å². The molecule has 2 aliphatic rings. The number of amides is 1. The normalized spacial score (nSPS) is 20.5.